The monoisotopic (exact) mass is 299 g/mol. The van der Waals surface area contributed by atoms with Crippen LogP contribution >= 0.6 is 11.6 Å². The summed E-state index contributed by atoms with van der Waals surface area (Å²) in [6, 6.07) is -0.0285. The molecule has 2 N–H and O–H groups in total. The molecule has 1 unspecified atom stereocenters. The summed E-state index contributed by atoms with van der Waals surface area (Å²) < 4.78 is 7.77. The van der Waals surface area contributed by atoms with E-state index in [-0.39, 0.29) is 11.6 Å². The van der Waals surface area contributed by atoms with Crippen molar-refractivity contribution in [2.45, 2.75) is 70.6 Å². The number of aryl methyl sites for hydroxylation is 2. The molecule has 1 aromatic rings. The van der Waals surface area contributed by atoms with Crippen LogP contribution in [0.4, 0.5) is 0 Å². The number of methoxy groups -OCH3 is 1. The van der Waals surface area contributed by atoms with Crippen molar-refractivity contribution in [3.8, 4) is 0 Å². The highest BCUT2D eigenvalue weighted by atomic mass is 35.5. The standard InChI is InChI=1S/C15H26ClN3O/c1-4-11-14(16)12(19(5-2)18-11)10-13(17)15(20-3)8-6-7-9-15/h13H,4-10,17H2,1-3H3. The first kappa shape index (κ1) is 15.8. The molecule has 20 heavy (non-hydrogen) atoms. The summed E-state index contributed by atoms with van der Waals surface area (Å²) in [7, 11) is 1.78. The highest BCUT2D eigenvalue weighted by Gasteiger charge is 2.40. The molecule has 1 saturated carbocycles. The average Bonchev–Trinajstić information content (AvgIpc) is 3.06. The molecule has 0 saturated heterocycles. The lowest BCUT2D eigenvalue weighted by Crippen LogP contribution is -2.49. The minimum absolute atomic E-state index is 0.0285. The fourth-order valence-electron chi connectivity index (χ4n) is 3.31. The number of hydrogen-bond donors (Lipinski definition) is 1. The molecule has 0 bridgehead atoms. The molecule has 1 aliphatic rings. The summed E-state index contributed by atoms with van der Waals surface area (Å²) in [4.78, 5) is 0. The van der Waals surface area contributed by atoms with Crippen molar-refractivity contribution >= 4 is 11.6 Å². The Morgan fingerprint density at radius 3 is 2.55 bits per heavy atom. The van der Waals surface area contributed by atoms with Crippen molar-refractivity contribution in [3.63, 3.8) is 0 Å². The second kappa shape index (κ2) is 6.46. The Hall–Kier alpha value is -0.580. The summed E-state index contributed by atoms with van der Waals surface area (Å²) in [5.74, 6) is 0. The maximum absolute atomic E-state index is 6.47. The van der Waals surface area contributed by atoms with Crippen molar-refractivity contribution in [3.05, 3.63) is 16.4 Å². The van der Waals surface area contributed by atoms with Gasteiger partial charge in [0.15, 0.2) is 0 Å². The van der Waals surface area contributed by atoms with Gasteiger partial charge in [-0.05, 0) is 26.2 Å². The molecule has 0 amide bonds. The fourth-order valence-corrected chi connectivity index (χ4v) is 3.65. The van der Waals surface area contributed by atoms with E-state index in [4.69, 9.17) is 22.1 Å². The van der Waals surface area contributed by atoms with Gasteiger partial charge in [0.05, 0.1) is 22.0 Å². The molecular weight excluding hydrogens is 274 g/mol. The molecule has 1 atom stereocenters. The summed E-state index contributed by atoms with van der Waals surface area (Å²) in [6.07, 6.45) is 6.06. The van der Waals surface area contributed by atoms with E-state index in [9.17, 15) is 0 Å². The van der Waals surface area contributed by atoms with Gasteiger partial charge in [0.2, 0.25) is 0 Å². The molecule has 0 aliphatic heterocycles. The van der Waals surface area contributed by atoms with Crippen LogP contribution in [0.25, 0.3) is 0 Å². The van der Waals surface area contributed by atoms with Crippen LogP contribution in [0, 0.1) is 0 Å². The average molecular weight is 300 g/mol. The van der Waals surface area contributed by atoms with Gasteiger partial charge in [-0.25, -0.2) is 0 Å². The maximum atomic E-state index is 6.47. The largest absolute Gasteiger partial charge is 0.377 e. The van der Waals surface area contributed by atoms with Gasteiger partial charge in [-0.2, -0.15) is 5.10 Å². The Morgan fingerprint density at radius 2 is 2.05 bits per heavy atom. The third-order valence-corrected chi connectivity index (χ3v) is 5.08. The minimum atomic E-state index is -0.182. The van der Waals surface area contributed by atoms with Crippen LogP contribution in [-0.4, -0.2) is 28.5 Å². The Labute approximate surface area is 126 Å². The number of hydrogen-bond acceptors (Lipinski definition) is 3. The topological polar surface area (TPSA) is 53.1 Å². The number of aromatic nitrogens is 2. The summed E-state index contributed by atoms with van der Waals surface area (Å²) in [5, 5.41) is 5.35. The fraction of sp³-hybridized carbons (Fsp3) is 0.800. The smallest absolute Gasteiger partial charge is 0.0850 e. The number of rotatable bonds is 6. The Balaban J connectivity index is 2.22. The first-order valence-electron chi connectivity index (χ1n) is 7.62. The molecule has 0 spiro atoms. The SMILES string of the molecule is CCc1nn(CC)c(CC(N)C2(OC)CCCC2)c1Cl. The molecular formula is C15H26ClN3O. The lowest BCUT2D eigenvalue weighted by molar-refractivity contribution is -0.0257. The van der Waals surface area contributed by atoms with Crippen LogP contribution in [0.3, 0.4) is 0 Å². The van der Waals surface area contributed by atoms with Crippen LogP contribution in [0.5, 0.6) is 0 Å². The van der Waals surface area contributed by atoms with E-state index in [0.717, 1.165) is 48.6 Å². The van der Waals surface area contributed by atoms with Crippen LogP contribution in [-0.2, 0) is 24.1 Å². The Kier molecular flexibility index (Phi) is 5.10. The quantitative estimate of drug-likeness (QED) is 0.878. The second-order valence-corrected chi connectivity index (χ2v) is 6.04. The third kappa shape index (κ3) is 2.74. The van der Waals surface area contributed by atoms with Gasteiger partial charge in [0.1, 0.15) is 0 Å². The van der Waals surface area contributed by atoms with Gasteiger partial charge in [0, 0.05) is 26.1 Å². The zero-order valence-corrected chi connectivity index (χ0v) is 13.5. The molecule has 2 rings (SSSR count). The van der Waals surface area contributed by atoms with E-state index < -0.39 is 0 Å². The molecule has 4 nitrogen and oxygen atoms in total. The van der Waals surface area contributed by atoms with Crippen LogP contribution < -0.4 is 5.73 Å². The Morgan fingerprint density at radius 1 is 1.40 bits per heavy atom. The number of nitrogens with two attached hydrogens (primary N) is 1. The van der Waals surface area contributed by atoms with Crippen LogP contribution in [0.15, 0.2) is 0 Å². The van der Waals surface area contributed by atoms with Gasteiger partial charge in [-0.15, -0.1) is 0 Å². The number of ether oxygens (including phenoxy) is 1. The van der Waals surface area contributed by atoms with Gasteiger partial charge in [-0.1, -0.05) is 31.4 Å². The first-order chi connectivity index (χ1) is 9.57. The molecule has 1 fully saturated rings. The molecule has 0 aromatic carbocycles. The van der Waals surface area contributed by atoms with E-state index >= 15 is 0 Å². The maximum Gasteiger partial charge on any atom is 0.0850 e. The lowest BCUT2D eigenvalue weighted by atomic mass is 9.89. The molecule has 1 aromatic heterocycles. The summed E-state index contributed by atoms with van der Waals surface area (Å²) in [5.41, 5.74) is 8.32. The van der Waals surface area contributed by atoms with E-state index in [1.165, 1.54) is 12.8 Å². The summed E-state index contributed by atoms with van der Waals surface area (Å²) in [6.45, 7) is 4.98. The van der Waals surface area contributed by atoms with Gasteiger partial charge in [0.25, 0.3) is 0 Å². The van der Waals surface area contributed by atoms with Crippen molar-refractivity contribution in [2.75, 3.05) is 7.11 Å². The Bertz CT molecular complexity index is 452. The highest BCUT2D eigenvalue weighted by Crippen LogP contribution is 2.36. The van der Waals surface area contributed by atoms with E-state index in [0.29, 0.717) is 0 Å². The lowest BCUT2D eigenvalue weighted by Gasteiger charge is -2.34. The first-order valence-corrected chi connectivity index (χ1v) is 8.00. The van der Waals surface area contributed by atoms with Crippen LogP contribution in [0.1, 0.15) is 50.9 Å². The van der Waals surface area contributed by atoms with E-state index in [1.54, 1.807) is 7.11 Å². The third-order valence-electron chi connectivity index (χ3n) is 4.64. The molecule has 114 valence electrons. The number of halogens is 1. The predicted octanol–water partition coefficient (Wildman–Crippen LogP) is 2.95. The normalized spacial score (nSPS) is 19.4. The van der Waals surface area contributed by atoms with Gasteiger partial charge in [-0.3, -0.25) is 4.68 Å². The number of nitrogens with zero attached hydrogens (tertiary/aromatic N) is 2. The summed E-state index contributed by atoms with van der Waals surface area (Å²) >= 11 is 6.47. The van der Waals surface area contributed by atoms with Crippen molar-refractivity contribution < 1.29 is 4.74 Å². The minimum Gasteiger partial charge on any atom is -0.377 e. The van der Waals surface area contributed by atoms with Crippen LogP contribution in [0.2, 0.25) is 5.02 Å². The zero-order valence-electron chi connectivity index (χ0n) is 12.8. The second-order valence-electron chi connectivity index (χ2n) is 5.66. The van der Waals surface area contributed by atoms with Gasteiger partial charge < -0.3 is 10.5 Å². The molecule has 5 heteroatoms. The van der Waals surface area contributed by atoms with Gasteiger partial charge >= 0.3 is 0 Å². The predicted molar refractivity (Wildman–Crippen MR) is 82.2 cm³/mol. The van der Waals surface area contributed by atoms with E-state index in [2.05, 4.69) is 18.9 Å². The highest BCUT2D eigenvalue weighted by molar-refractivity contribution is 6.31. The van der Waals surface area contributed by atoms with Crippen molar-refractivity contribution in [1.82, 2.24) is 9.78 Å². The van der Waals surface area contributed by atoms with Crippen molar-refractivity contribution in [2.24, 2.45) is 5.73 Å². The molecule has 0 radical (unpaired) electrons. The zero-order chi connectivity index (χ0) is 14.8. The molecule has 1 aliphatic carbocycles. The van der Waals surface area contributed by atoms with E-state index in [1.807, 2.05) is 4.68 Å². The molecule has 1 heterocycles. The van der Waals surface area contributed by atoms with Crippen molar-refractivity contribution in [1.29, 1.82) is 0 Å².